The number of allylic oxidation sites excluding steroid dienone is 2. The van der Waals surface area contributed by atoms with Gasteiger partial charge in [0.05, 0.1) is 11.6 Å². The van der Waals surface area contributed by atoms with Gasteiger partial charge in [-0.2, -0.15) is 0 Å². The number of amides is 1. The van der Waals surface area contributed by atoms with Crippen molar-refractivity contribution in [3.63, 3.8) is 0 Å². The zero-order valence-corrected chi connectivity index (χ0v) is 14.3. The molecular formula is C18H19F4N3O. The zero-order valence-electron chi connectivity index (χ0n) is 14.3. The molecule has 4 nitrogen and oxygen atoms in total. The Morgan fingerprint density at radius 2 is 2.08 bits per heavy atom. The van der Waals surface area contributed by atoms with Crippen LogP contribution in [0.15, 0.2) is 42.1 Å². The maximum atomic E-state index is 13.8. The maximum Gasteiger partial charge on any atom is 0.266 e. The van der Waals surface area contributed by atoms with Crippen LogP contribution in [0.5, 0.6) is 0 Å². The Kier molecular flexibility index (Phi) is 5.53. The van der Waals surface area contributed by atoms with E-state index < -0.39 is 35.3 Å². The standard InChI is InChI=1S/C18H19F4N3O/c1-9(18(3,21)22)7-13(23)11-8-24-17(26)15(11)10(2)25-14-6-4-5-12(19)16(14)20/h4-7,11,15,23,25H,2,8H2,1,3H3,(H,24,26)/b9-7+,23-13?/t11-,15-/m1/s1. The van der Waals surface area contributed by atoms with E-state index in [1.54, 1.807) is 0 Å². The lowest BCUT2D eigenvalue weighted by Crippen LogP contribution is -2.28. The number of carbonyl (C=O) groups excluding carboxylic acids is 1. The molecule has 0 radical (unpaired) electrons. The highest BCUT2D eigenvalue weighted by Gasteiger charge is 2.39. The molecular weight excluding hydrogens is 350 g/mol. The highest BCUT2D eigenvalue weighted by molar-refractivity contribution is 6.01. The molecule has 1 saturated heterocycles. The number of halogens is 4. The van der Waals surface area contributed by atoms with Crippen molar-refractivity contribution in [2.45, 2.75) is 19.8 Å². The Labute approximate surface area is 148 Å². The first kappa shape index (κ1) is 19.7. The van der Waals surface area contributed by atoms with Gasteiger partial charge in [0, 0.05) is 30.8 Å². The van der Waals surface area contributed by atoms with Crippen LogP contribution in [0.3, 0.4) is 0 Å². The molecule has 1 heterocycles. The highest BCUT2D eigenvalue weighted by atomic mass is 19.3. The van der Waals surface area contributed by atoms with Crippen LogP contribution < -0.4 is 10.6 Å². The van der Waals surface area contributed by atoms with Crippen molar-refractivity contribution in [2.75, 3.05) is 11.9 Å². The molecule has 0 bridgehead atoms. The van der Waals surface area contributed by atoms with Gasteiger partial charge in [0.2, 0.25) is 5.91 Å². The molecule has 2 rings (SSSR count). The summed E-state index contributed by atoms with van der Waals surface area (Å²) < 4.78 is 53.7. The lowest BCUT2D eigenvalue weighted by Gasteiger charge is -2.21. The van der Waals surface area contributed by atoms with E-state index >= 15 is 0 Å². The second-order valence-electron chi connectivity index (χ2n) is 6.25. The van der Waals surface area contributed by atoms with Gasteiger partial charge in [0.15, 0.2) is 11.6 Å². The molecule has 0 aliphatic carbocycles. The van der Waals surface area contributed by atoms with Crippen LogP contribution in [-0.4, -0.2) is 24.1 Å². The molecule has 3 N–H and O–H groups in total. The van der Waals surface area contributed by atoms with Crippen LogP contribution in [0.4, 0.5) is 23.2 Å². The minimum absolute atomic E-state index is 0.0496. The molecule has 2 atom stereocenters. The summed E-state index contributed by atoms with van der Waals surface area (Å²) in [7, 11) is 0. The molecule has 0 saturated carbocycles. The van der Waals surface area contributed by atoms with Crippen molar-refractivity contribution < 1.29 is 22.4 Å². The number of carbonyl (C=O) groups is 1. The first-order valence-corrected chi connectivity index (χ1v) is 7.85. The smallest absolute Gasteiger partial charge is 0.266 e. The number of alkyl halides is 2. The van der Waals surface area contributed by atoms with Gasteiger partial charge < -0.3 is 16.0 Å². The van der Waals surface area contributed by atoms with Crippen molar-refractivity contribution in [3.8, 4) is 0 Å². The fourth-order valence-electron chi connectivity index (χ4n) is 2.63. The zero-order chi connectivity index (χ0) is 19.6. The van der Waals surface area contributed by atoms with E-state index in [0.717, 1.165) is 19.1 Å². The van der Waals surface area contributed by atoms with Crippen LogP contribution in [0.1, 0.15) is 13.8 Å². The number of hydrogen-bond acceptors (Lipinski definition) is 3. The van der Waals surface area contributed by atoms with E-state index in [0.29, 0.717) is 0 Å². The summed E-state index contributed by atoms with van der Waals surface area (Å²) >= 11 is 0. The van der Waals surface area contributed by atoms with Gasteiger partial charge in [-0.05, 0) is 30.7 Å². The van der Waals surface area contributed by atoms with Crippen LogP contribution in [0.25, 0.3) is 0 Å². The van der Waals surface area contributed by atoms with Gasteiger partial charge in [-0.3, -0.25) is 4.79 Å². The number of anilines is 1. The monoisotopic (exact) mass is 369 g/mol. The molecule has 0 aromatic heterocycles. The lowest BCUT2D eigenvalue weighted by atomic mass is 9.87. The molecule has 1 amide bonds. The normalized spacial score (nSPS) is 20.7. The topological polar surface area (TPSA) is 65.0 Å². The molecule has 0 spiro atoms. The molecule has 26 heavy (non-hydrogen) atoms. The van der Waals surface area contributed by atoms with Crippen LogP contribution in [0.2, 0.25) is 0 Å². The van der Waals surface area contributed by atoms with E-state index in [1.165, 1.54) is 19.1 Å². The highest BCUT2D eigenvalue weighted by Crippen LogP contribution is 2.30. The Morgan fingerprint density at radius 3 is 2.69 bits per heavy atom. The third kappa shape index (κ3) is 4.12. The average molecular weight is 369 g/mol. The van der Waals surface area contributed by atoms with Gasteiger partial charge in [-0.15, -0.1) is 0 Å². The van der Waals surface area contributed by atoms with Crippen molar-refractivity contribution >= 4 is 17.3 Å². The summed E-state index contributed by atoms with van der Waals surface area (Å²) in [4.78, 5) is 12.1. The Hall–Kier alpha value is -2.64. The first-order valence-electron chi connectivity index (χ1n) is 7.85. The summed E-state index contributed by atoms with van der Waals surface area (Å²) in [6, 6.07) is 3.51. The molecule has 1 aliphatic rings. The predicted molar refractivity (Wildman–Crippen MR) is 91.2 cm³/mol. The maximum absolute atomic E-state index is 13.8. The molecule has 1 fully saturated rings. The van der Waals surface area contributed by atoms with E-state index in [2.05, 4.69) is 17.2 Å². The van der Waals surface area contributed by atoms with E-state index in [4.69, 9.17) is 5.41 Å². The quantitative estimate of drug-likeness (QED) is 0.526. The van der Waals surface area contributed by atoms with Gasteiger partial charge in [0.1, 0.15) is 0 Å². The molecule has 140 valence electrons. The SMILES string of the molecule is C=C(Nc1cccc(F)c1F)[C@H]1C(=O)NC[C@@H]1C(=N)/C=C(\C)C(C)(F)F. The van der Waals surface area contributed by atoms with Crippen LogP contribution in [0, 0.1) is 28.9 Å². The van der Waals surface area contributed by atoms with Gasteiger partial charge in [-0.1, -0.05) is 12.6 Å². The summed E-state index contributed by atoms with van der Waals surface area (Å²) in [5, 5.41) is 13.2. The van der Waals surface area contributed by atoms with Crippen LogP contribution >= 0.6 is 0 Å². The second kappa shape index (κ2) is 7.31. The number of hydrogen-bond donors (Lipinski definition) is 3. The fraction of sp³-hybridized carbons (Fsp3) is 0.333. The van der Waals surface area contributed by atoms with Gasteiger partial charge in [-0.25, -0.2) is 17.6 Å². The Morgan fingerprint density at radius 1 is 1.42 bits per heavy atom. The largest absolute Gasteiger partial charge is 0.356 e. The fourth-order valence-corrected chi connectivity index (χ4v) is 2.63. The molecule has 1 aromatic carbocycles. The lowest BCUT2D eigenvalue weighted by molar-refractivity contribution is -0.121. The molecule has 0 unspecified atom stereocenters. The van der Waals surface area contributed by atoms with Crippen molar-refractivity contribution in [2.24, 2.45) is 11.8 Å². The van der Waals surface area contributed by atoms with E-state index in [-0.39, 0.29) is 29.2 Å². The van der Waals surface area contributed by atoms with Crippen molar-refractivity contribution in [1.82, 2.24) is 5.32 Å². The Bertz CT molecular complexity index is 783. The molecule has 1 aromatic rings. The van der Waals surface area contributed by atoms with Gasteiger partial charge in [0.25, 0.3) is 5.92 Å². The van der Waals surface area contributed by atoms with E-state index in [1.807, 2.05) is 0 Å². The molecule has 8 heteroatoms. The van der Waals surface area contributed by atoms with Gasteiger partial charge >= 0.3 is 0 Å². The minimum atomic E-state index is -3.09. The minimum Gasteiger partial charge on any atom is -0.356 e. The third-order valence-corrected chi connectivity index (χ3v) is 4.27. The van der Waals surface area contributed by atoms with Crippen molar-refractivity contribution in [1.29, 1.82) is 5.41 Å². The van der Waals surface area contributed by atoms with E-state index in [9.17, 15) is 22.4 Å². The summed E-state index contributed by atoms with van der Waals surface area (Å²) in [6.45, 7) is 5.66. The second-order valence-corrected chi connectivity index (χ2v) is 6.25. The number of benzene rings is 1. The predicted octanol–water partition coefficient (Wildman–Crippen LogP) is 3.87. The number of rotatable bonds is 6. The summed E-state index contributed by atoms with van der Waals surface area (Å²) in [6.07, 6.45) is 1.02. The molecule has 1 aliphatic heterocycles. The average Bonchev–Trinajstić information content (AvgIpc) is 2.92. The Balaban J connectivity index is 2.23. The first-order chi connectivity index (χ1) is 12.0. The summed E-state index contributed by atoms with van der Waals surface area (Å²) in [5.41, 5.74) is -0.634. The third-order valence-electron chi connectivity index (χ3n) is 4.27. The number of nitrogens with one attached hydrogen (secondary N) is 3. The van der Waals surface area contributed by atoms with Crippen LogP contribution in [-0.2, 0) is 4.79 Å². The van der Waals surface area contributed by atoms with Crippen molar-refractivity contribution in [3.05, 3.63) is 53.8 Å². The summed E-state index contributed by atoms with van der Waals surface area (Å²) in [5.74, 6) is -7.47.